The summed E-state index contributed by atoms with van der Waals surface area (Å²) in [5.74, 6) is 1.47. The SMILES string of the molecule is C=CN=C(C)NC(C)=NC(=C)C=C. The molecule has 0 unspecified atom stereocenters. The lowest BCUT2D eigenvalue weighted by Gasteiger charge is -2.03. The minimum Gasteiger partial charge on any atom is -0.332 e. The number of allylic oxidation sites excluding steroid dienone is 1. The molecule has 0 aromatic rings. The first kappa shape index (κ1) is 11.4. The molecule has 1 N–H and O–H groups in total. The molecular formula is C10H15N3. The summed E-state index contributed by atoms with van der Waals surface area (Å²) in [7, 11) is 0. The van der Waals surface area contributed by atoms with E-state index in [4.69, 9.17) is 0 Å². The summed E-state index contributed by atoms with van der Waals surface area (Å²) in [6.45, 7) is 14.4. The molecule has 0 aliphatic heterocycles. The maximum atomic E-state index is 4.10. The Hall–Kier alpha value is -1.64. The first-order chi connectivity index (χ1) is 6.10. The van der Waals surface area contributed by atoms with E-state index in [2.05, 4.69) is 35.0 Å². The summed E-state index contributed by atoms with van der Waals surface area (Å²) in [5.41, 5.74) is 0.622. The van der Waals surface area contributed by atoms with Crippen LogP contribution in [0.2, 0.25) is 0 Å². The van der Waals surface area contributed by atoms with Gasteiger partial charge in [-0.2, -0.15) is 0 Å². The van der Waals surface area contributed by atoms with Gasteiger partial charge >= 0.3 is 0 Å². The zero-order valence-electron chi connectivity index (χ0n) is 8.17. The highest BCUT2D eigenvalue weighted by Crippen LogP contribution is 1.92. The van der Waals surface area contributed by atoms with Crippen molar-refractivity contribution in [3.8, 4) is 0 Å². The van der Waals surface area contributed by atoms with Crippen LogP contribution in [0.15, 0.2) is 47.7 Å². The van der Waals surface area contributed by atoms with Gasteiger partial charge in [0.1, 0.15) is 11.7 Å². The van der Waals surface area contributed by atoms with Gasteiger partial charge in [0, 0.05) is 6.20 Å². The molecule has 0 aromatic carbocycles. The van der Waals surface area contributed by atoms with Crippen molar-refractivity contribution in [3.63, 3.8) is 0 Å². The van der Waals surface area contributed by atoms with Gasteiger partial charge in [0.2, 0.25) is 0 Å². The molecule has 0 saturated heterocycles. The van der Waals surface area contributed by atoms with Crippen molar-refractivity contribution in [3.05, 3.63) is 37.7 Å². The van der Waals surface area contributed by atoms with Crippen molar-refractivity contribution < 1.29 is 0 Å². The molecule has 70 valence electrons. The molecule has 0 aromatic heterocycles. The number of hydrogen-bond donors (Lipinski definition) is 1. The van der Waals surface area contributed by atoms with Gasteiger partial charge in [0.15, 0.2) is 0 Å². The number of amidine groups is 2. The number of nitrogens with zero attached hydrogens (tertiary/aromatic N) is 2. The van der Waals surface area contributed by atoms with Gasteiger partial charge in [-0.25, -0.2) is 9.98 Å². The molecule has 3 heteroatoms. The molecule has 0 spiro atoms. The maximum Gasteiger partial charge on any atom is 0.104 e. The number of hydrogen-bond acceptors (Lipinski definition) is 2. The van der Waals surface area contributed by atoms with Crippen LogP contribution in [0, 0.1) is 0 Å². The molecule has 0 saturated carbocycles. The smallest absolute Gasteiger partial charge is 0.104 e. The molecule has 0 heterocycles. The summed E-state index contributed by atoms with van der Waals surface area (Å²) in [4.78, 5) is 8.03. The Labute approximate surface area is 79.3 Å². The van der Waals surface area contributed by atoms with E-state index in [-0.39, 0.29) is 0 Å². The second kappa shape index (κ2) is 5.94. The van der Waals surface area contributed by atoms with Crippen LogP contribution in [0.5, 0.6) is 0 Å². The van der Waals surface area contributed by atoms with E-state index >= 15 is 0 Å². The molecule has 0 radical (unpaired) electrons. The van der Waals surface area contributed by atoms with Crippen LogP contribution in [0.3, 0.4) is 0 Å². The van der Waals surface area contributed by atoms with Crippen molar-refractivity contribution in [1.82, 2.24) is 5.32 Å². The number of aliphatic imine (C=N–C) groups is 2. The Bertz CT molecular complexity index is 272. The van der Waals surface area contributed by atoms with E-state index in [0.29, 0.717) is 5.70 Å². The zero-order valence-corrected chi connectivity index (χ0v) is 8.17. The van der Waals surface area contributed by atoms with Gasteiger partial charge in [-0.3, -0.25) is 0 Å². The van der Waals surface area contributed by atoms with Crippen LogP contribution in [0.4, 0.5) is 0 Å². The third-order valence-electron chi connectivity index (χ3n) is 1.19. The van der Waals surface area contributed by atoms with Crippen molar-refractivity contribution in [2.75, 3.05) is 0 Å². The first-order valence-corrected chi connectivity index (χ1v) is 3.89. The van der Waals surface area contributed by atoms with Crippen molar-refractivity contribution in [2.45, 2.75) is 13.8 Å². The Kier molecular flexibility index (Phi) is 5.19. The minimum atomic E-state index is 0.622. The average Bonchev–Trinajstić information content (AvgIpc) is 2.04. The van der Waals surface area contributed by atoms with E-state index < -0.39 is 0 Å². The Balaban J connectivity index is 4.29. The topological polar surface area (TPSA) is 36.8 Å². The third kappa shape index (κ3) is 5.61. The lowest BCUT2D eigenvalue weighted by molar-refractivity contribution is 1.24. The summed E-state index contributed by atoms with van der Waals surface area (Å²) in [6.07, 6.45) is 3.06. The Morgan fingerprint density at radius 1 is 1.23 bits per heavy atom. The fourth-order valence-electron chi connectivity index (χ4n) is 0.720. The van der Waals surface area contributed by atoms with Crippen LogP contribution < -0.4 is 5.32 Å². The van der Waals surface area contributed by atoms with Gasteiger partial charge < -0.3 is 5.32 Å². The largest absolute Gasteiger partial charge is 0.332 e. The molecular weight excluding hydrogens is 162 g/mol. The molecule has 13 heavy (non-hydrogen) atoms. The highest BCUT2D eigenvalue weighted by Gasteiger charge is 1.91. The molecule has 0 amide bonds. The summed E-state index contributed by atoms with van der Waals surface area (Å²) in [5, 5.41) is 2.97. The van der Waals surface area contributed by atoms with Crippen molar-refractivity contribution in [1.29, 1.82) is 0 Å². The molecule has 0 atom stereocenters. The van der Waals surface area contributed by atoms with Crippen LogP contribution in [0.1, 0.15) is 13.8 Å². The van der Waals surface area contributed by atoms with E-state index in [1.165, 1.54) is 6.20 Å². The van der Waals surface area contributed by atoms with Crippen LogP contribution in [-0.2, 0) is 0 Å². The lowest BCUT2D eigenvalue weighted by atomic mass is 10.5. The fraction of sp³-hybridized carbons (Fsp3) is 0.200. The third-order valence-corrected chi connectivity index (χ3v) is 1.19. The van der Waals surface area contributed by atoms with Crippen LogP contribution >= 0.6 is 0 Å². The van der Waals surface area contributed by atoms with E-state index in [1.807, 2.05) is 13.8 Å². The van der Waals surface area contributed by atoms with Crippen molar-refractivity contribution in [2.24, 2.45) is 9.98 Å². The van der Waals surface area contributed by atoms with E-state index in [0.717, 1.165) is 11.7 Å². The molecule has 0 rings (SSSR count). The lowest BCUT2D eigenvalue weighted by Crippen LogP contribution is -2.25. The highest BCUT2D eigenvalue weighted by molar-refractivity contribution is 5.99. The van der Waals surface area contributed by atoms with Gasteiger partial charge in [0.25, 0.3) is 0 Å². The minimum absolute atomic E-state index is 0.622. The predicted octanol–water partition coefficient (Wildman–Crippen LogP) is 2.26. The average molecular weight is 177 g/mol. The maximum absolute atomic E-state index is 4.10. The second-order valence-corrected chi connectivity index (χ2v) is 2.41. The van der Waals surface area contributed by atoms with Crippen molar-refractivity contribution >= 4 is 11.7 Å². The fourth-order valence-corrected chi connectivity index (χ4v) is 0.720. The second-order valence-electron chi connectivity index (χ2n) is 2.41. The van der Waals surface area contributed by atoms with Gasteiger partial charge in [-0.05, 0) is 19.9 Å². The molecule has 0 fully saturated rings. The number of rotatable bonds is 3. The first-order valence-electron chi connectivity index (χ1n) is 3.89. The zero-order chi connectivity index (χ0) is 10.3. The summed E-state index contributed by atoms with van der Waals surface area (Å²) >= 11 is 0. The van der Waals surface area contributed by atoms with Crippen LogP contribution in [-0.4, -0.2) is 11.7 Å². The standard InChI is InChI=1S/C10H15N3/c1-6-8(3)12-10(5)13-9(4)11-7-2/h6-7H,1-3H2,4-5H3,(H,11,12,13). The predicted molar refractivity (Wildman–Crippen MR) is 58.9 cm³/mol. The summed E-state index contributed by atoms with van der Waals surface area (Å²) in [6, 6.07) is 0. The Morgan fingerprint density at radius 2 is 1.85 bits per heavy atom. The van der Waals surface area contributed by atoms with Gasteiger partial charge in [-0.1, -0.05) is 19.7 Å². The quantitative estimate of drug-likeness (QED) is 0.400. The van der Waals surface area contributed by atoms with Gasteiger partial charge in [-0.15, -0.1) is 0 Å². The van der Waals surface area contributed by atoms with Crippen LogP contribution in [0.25, 0.3) is 0 Å². The normalized spacial score (nSPS) is 12.2. The highest BCUT2D eigenvalue weighted by atomic mass is 15.0. The molecule has 0 bridgehead atoms. The number of nitrogens with one attached hydrogen (secondary N) is 1. The molecule has 0 aliphatic rings. The van der Waals surface area contributed by atoms with E-state index in [9.17, 15) is 0 Å². The Morgan fingerprint density at radius 3 is 2.31 bits per heavy atom. The molecule has 0 aliphatic carbocycles. The van der Waals surface area contributed by atoms with Gasteiger partial charge in [0.05, 0.1) is 5.70 Å². The molecule has 3 nitrogen and oxygen atoms in total. The van der Waals surface area contributed by atoms with E-state index in [1.54, 1.807) is 6.08 Å². The summed E-state index contributed by atoms with van der Waals surface area (Å²) < 4.78 is 0. The monoisotopic (exact) mass is 177 g/mol.